The van der Waals surface area contributed by atoms with Crippen LogP contribution < -0.4 is 10.1 Å². The number of anilines is 1. The number of fused-ring (bicyclic) bond motifs is 2. The summed E-state index contributed by atoms with van der Waals surface area (Å²) < 4.78 is 6.42. The molecule has 0 aromatic heterocycles. The van der Waals surface area contributed by atoms with Crippen molar-refractivity contribution in [2.75, 3.05) is 25.0 Å². The largest absolute Gasteiger partial charge is 0.485 e. The van der Waals surface area contributed by atoms with Crippen LogP contribution in [0.1, 0.15) is 29.6 Å². The van der Waals surface area contributed by atoms with Crippen LogP contribution in [0.15, 0.2) is 54.6 Å². The van der Waals surface area contributed by atoms with Crippen molar-refractivity contribution in [3.05, 3.63) is 60.2 Å². The summed E-state index contributed by atoms with van der Waals surface area (Å²) in [7, 11) is 0. The molecule has 2 bridgehead atoms. The van der Waals surface area contributed by atoms with Crippen LogP contribution in [0.25, 0.3) is 0 Å². The molecule has 1 N–H and O–H groups in total. The van der Waals surface area contributed by atoms with Gasteiger partial charge in [0.15, 0.2) is 0 Å². The lowest BCUT2D eigenvalue weighted by Gasteiger charge is -2.35. The first-order valence-electron chi connectivity index (χ1n) is 8.61. The van der Waals surface area contributed by atoms with Crippen LogP contribution in [0.5, 0.6) is 5.75 Å². The number of piperidine rings is 1. The number of benzene rings is 2. The molecule has 2 fully saturated rings. The van der Waals surface area contributed by atoms with Gasteiger partial charge in [-0.3, -0.25) is 9.69 Å². The van der Waals surface area contributed by atoms with E-state index in [0.717, 1.165) is 31.6 Å². The lowest BCUT2D eigenvalue weighted by molar-refractivity contribution is 0.0443. The summed E-state index contributed by atoms with van der Waals surface area (Å²) in [6.07, 6.45) is 3.28. The second-order valence-corrected chi connectivity index (χ2v) is 6.73. The molecule has 2 saturated heterocycles. The predicted molar refractivity (Wildman–Crippen MR) is 94.5 cm³/mol. The Kier molecular flexibility index (Phi) is 3.98. The molecule has 1 amide bonds. The number of rotatable bonds is 4. The molecule has 2 aliphatic rings. The van der Waals surface area contributed by atoms with Gasteiger partial charge in [-0.2, -0.15) is 0 Å². The van der Waals surface area contributed by atoms with Gasteiger partial charge < -0.3 is 10.1 Å². The quantitative estimate of drug-likeness (QED) is 0.936. The summed E-state index contributed by atoms with van der Waals surface area (Å²) in [6.45, 7) is 3.24. The first kappa shape index (κ1) is 15.2. The smallest absolute Gasteiger partial charge is 0.259 e. The summed E-state index contributed by atoms with van der Waals surface area (Å²) in [5, 5.41) is 2.95. The van der Waals surface area contributed by atoms with E-state index in [2.05, 4.69) is 10.2 Å². The molecule has 2 unspecified atom stereocenters. The van der Waals surface area contributed by atoms with Gasteiger partial charge in [0.1, 0.15) is 11.4 Å². The van der Waals surface area contributed by atoms with E-state index < -0.39 is 0 Å². The summed E-state index contributed by atoms with van der Waals surface area (Å²) >= 11 is 0. The highest BCUT2D eigenvalue weighted by Gasteiger charge is 2.43. The second kappa shape index (κ2) is 6.29. The van der Waals surface area contributed by atoms with Gasteiger partial charge in [0.25, 0.3) is 5.91 Å². The van der Waals surface area contributed by atoms with Gasteiger partial charge in [-0.05, 0) is 43.7 Å². The topological polar surface area (TPSA) is 41.6 Å². The molecular weight excluding hydrogens is 300 g/mol. The second-order valence-electron chi connectivity index (χ2n) is 6.73. The molecule has 0 saturated carbocycles. The molecule has 2 heterocycles. The maximum atomic E-state index is 12.7. The highest BCUT2D eigenvalue weighted by molar-refractivity contribution is 6.06. The molecule has 2 aromatic carbocycles. The fourth-order valence-electron chi connectivity index (χ4n) is 3.78. The van der Waals surface area contributed by atoms with Crippen LogP contribution in [0.2, 0.25) is 0 Å². The fourth-order valence-corrected chi connectivity index (χ4v) is 3.78. The third-order valence-corrected chi connectivity index (χ3v) is 4.99. The molecule has 4 nitrogen and oxygen atoms in total. The van der Waals surface area contributed by atoms with E-state index in [4.69, 9.17) is 4.74 Å². The molecule has 0 radical (unpaired) electrons. The summed E-state index contributed by atoms with van der Waals surface area (Å²) in [5.41, 5.74) is 1.27. The van der Waals surface area contributed by atoms with Crippen LogP contribution in [0, 0.1) is 0 Å². The van der Waals surface area contributed by atoms with Crippen molar-refractivity contribution in [1.82, 2.24) is 4.90 Å². The Morgan fingerprint density at radius 1 is 1.00 bits per heavy atom. The van der Waals surface area contributed by atoms with E-state index in [1.54, 1.807) is 0 Å². The lowest BCUT2D eigenvalue weighted by Crippen LogP contribution is -2.43. The maximum Gasteiger partial charge on any atom is 0.259 e. The van der Waals surface area contributed by atoms with Crippen molar-refractivity contribution >= 4 is 11.6 Å². The Hall–Kier alpha value is -2.33. The van der Waals surface area contributed by atoms with E-state index in [0.29, 0.717) is 11.3 Å². The number of carbonyl (C=O) groups is 1. The average Bonchev–Trinajstić information content (AvgIpc) is 2.90. The molecule has 4 heteroatoms. The number of ether oxygens (including phenoxy) is 1. The first-order valence-corrected chi connectivity index (χ1v) is 8.61. The van der Waals surface area contributed by atoms with Crippen molar-refractivity contribution in [1.29, 1.82) is 0 Å². The molecule has 0 spiro atoms. The van der Waals surface area contributed by atoms with Crippen molar-refractivity contribution < 1.29 is 9.53 Å². The summed E-state index contributed by atoms with van der Waals surface area (Å²) in [6, 6.07) is 17.1. The third kappa shape index (κ3) is 3.02. The number of nitrogens with zero attached hydrogens (tertiary/aromatic N) is 1. The minimum Gasteiger partial charge on any atom is -0.485 e. The van der Waals surface area contributed by atoms with Gasteiger partial charge in [0.05, 0.1) is 5.56 Å². The zero-order valence-electron chi connectivity index (χ0n) is 13.7. The van der Waals surface area contributed by atoms with Gasteiger partial charge in [-0.15, -0.1) is 0 Å². The standard InChI is InChI=1S/C20H22N2O2/c23-19(21-16-7-2-1-3-8-16)17-9-4-5-10-18(17)24-20-11-6-13-22(15-20)14-12-20/h1-5,7-10H,6,11-15H2,(H,21,23). The average molecular weight is 322 g/mol. The Balaban J connectivity index is 1.55. The van der Waals surface area contributed by atoms with Crippen molar-refractivity contribution in [3.8, 4) is 5.75 Å². The van der Waals surface area contributed by atoms with Gasteiger partial charge in [-0.1, -0.05) is 30.3 Å². The first-order chi connectivity index (χ1) is 11.7. The van der Waals surface area contributed by atoms with Crippen LogP contribution in [-0.4, -0.2) is 36.0 Å². The Morgan fingerprint density at radius 2 is 1.79 bits per heavy atom. The zero-order chi connectivity index (χ0) is 16.4. The van der Waals surface area contributed by atoms with Gasteiger partial charge in [-0.25, -0.2) is 0 Å². The Labute approximate surface area is 142 Å². The monoisotopic (exact) mass is 322 g/mol. The zero-order valence-corrected chi connectivity index (χ0v) is 13.7. The predicted octanol–water partition coefficient (Wildman–Crippen LogP) is 3.56. The third-order valence-electron chi connectivity index (χ3n) is 4.99. The van der Waals surface area contributed by atoms with Crippen molar-refractivity contribution in [2.24, 2.45) is 0 Å². The summed E-state index contributed by atoms with van der Waals surface area (Å²) in [5.74, 6) is 0.563. The van der Waals surface area contributed by atoms with E-state index in [1.165, 1.54) is 13.0 Å². The van der Waals surface area contributed by atoms with Crippen LogP contribution >= 0.6 is 0 Å². The molecule has 124 valence electrons. The number of hydrogen-bond acceptors (Lipinski definition) is 3. The number of para-hydroxylation sites is 2. The number of nitrogens with one attached hydrogen (secondary N) is 1. The van der Waals surface area contributed by atoms with Gasteiger partial charge in [0, 0.05) is 25.2 Å². The molecule has 0 aliphatic carbocycles. The van der Waals surface area contributed by atoms with E-state index in [9.17, 15) is 4.79 Å². The molecule has 24 heavy (non-hydrogen) atoms. The van der Waals surface area contributed by atoms with Crippen molar-refractivity contribution in [3.63, 3.8) is 0 Å². The van der Waals surface area contributed by atoms with Crippen LogP contribution in [-0.2, 0) is 0 Å². The molecular formula is C20H22N2O2. The highest BCUT2D eigenvalue weighted by atomic mass is 16.5. The van der Waals surface area contributed by atoms with E-state index in [-0.39, 0.29) is 11.5 Å². The fraction of sp³-hybridized carbons (Fsp3) is 0.350. The summed E-state index contributed by atoms with van der Waals surface area (Å²) in [4.78, 5) is 15.1. The van der Waals surface area contributed by atoms with Crippen LogP contribution in [0.3, 0.4) is 0 Å². The Bertz CT molecular complexity index is 727. The van der Waals surface area contributed by atoms with Crippen LogP contribution in [0.4, 0.5) is 5.69 Å². The highest BCUT2D eigenvalue weighted by Crippen LogP contribution is 2.36. The normalized spacial score (nSPS) is 25.2. The van der Waals surface area contributed by atoms with Crippen molar-refractivity contribution in [2.45, 2.75) is 24.9 Å². The Morgan fingerprint density at radius 3 is 2.67 bits per heavy atom. The molecule has 4 rings (SSSR count). The number of amides is 1. The maximum absolute atomic E-state index is 12.7. The van der Waals surface area contributed by atoms with Gasteiger partial charge >= 0.3 is 0 Å². The number of carbonyl (C=O) groups excluding carboxylic acids is 1. The molecule has 2 atom stereocenters. The number of hydrogen-bond donors (Lipinski definition) is 1. The van der Waals surface area contributed by atoms with Gasteiger partial charge in [0.2, 0.25) is 0 Å². The SMILES string of the molecule is O=C(Nc1ccccc1)c1ccccc1OC12CCCN(CC1)C2. The minimum atomic E-state index is -0.126. The van der Waals surface area contributed by atoms with E-state index in [1.807, 2.05) is 54.6 Å². The van der Waals surface area contributed by atoms with E-state index >= 15 is 0 Å². The minimum absolute atomic E-state index is 0.124. The molecule has 2 aliphatic heterocycles. The lowest BCUT2D eigenvalue weighted by atomic mass is 9.94. The molecule has 2 aromatic rings.